The van der Waals surface area contributed by atoms with Gasteiger partial charge in [-0.3, -0.25) is 0 Å². The van der Waals surface area contributed by atoms with Gasteiger partial charge in [-0.15, -0.1) is 0 Å². The van der Waals surface area contributed by atoms with E-state index < -0.39 is 5.60 Å². The number of ether oxygens (including phenoxy) is 1. The number of aliphatic hydroxyl groups is 1. The SMILES string of the molecule is C[C@H]1CC[C@H]2[C@H](C1)OC[C@]2(C)O. The first kappa shape index (κ1) is 8.52. The lowest BCUT2D eigenvalue weighted by molar-refractivity contribution is 0.0127. The third-order valence-corrected chi connectivity index (χ3v) is 3.44. The van der Waals surface area contributed by atoms with Crippen molar-refractivity contribution in [1.82, 2.24) is 0 Å². The summed E-state index contributed by atoms with van der Waals surface area (Å²) in [6, 6.07) is 0. The highest BCUT2D eigenvalue weighted by Gasteiger charge is 2.46. The van der Waals surface area contributed by atoms with Crippen LogP contribution in [0.2, 0.25) is 0 Å². The first-order chi connectivity index (χ1) is 5.59. The molecule has 1 N–H and O–H groups in total. The summed E-state index contributed by atoms with van der Waals surface area (Å²) in [5, 5.41) is 9.95. The van der Waals surface area contributed by atoms with Crippen molar-refractivity contribution in [3.63, 3.8) is 0 Å². The summed E-state index contributed by atoms with van der Waals surface area (Å²) < 4.78 is 5.59. The summed E-state index contributed by atoms with van der Waals surface area (Å²) in [5.74, 6) is 1.17. The van der Waals surface area contributed by atoms with Crippen LogP contribution in [0.1, 0.15) is 33.1 Å². The van der Waals surface area contributed by atoms with Gasteiger partial charge in [-0.25, -0.2) is 0 Å². The maximum absolute atomic E-state index is 9.95. The van der Waals surface area contributed by atoms with Gasteiger partial charge in [-0.05, 0) is 25.7 Å². The van der Waals surface area contributed by atoms with Crippen LogP contribution in [0.4, 0.5) is 0 Å². The maximum atomic E-state index is 9.95. The van der Waals surface area contributed by atoms with E-state index in [4.69, 9.17) is 4.74 Å². The molecule has 1 saturated carbocycles. The second kappa shape index (κ2) is 2.71. The molecule has 1 aliphatic heterocycles. The molecule has 2 fully saturated rings. The largest absolute Gasteiger partial charge is 0.387 e. The van der Waals surface area contributed by atoms with E-state index in [2.05, 4.69) is 6.92 Å². The number of fused-ring (bicyclic) bond motifs is 1. The van der Waals surface area contributed by atoms with Crippen molar-refractivity contribution in [1.29, 1.82) is 0 Å². The van der Waals surface area contributed by atoms with E-state index in [9.17, 15) is 5.11 Å². The molecule has 0 unspecified atom stereocenters. The molecule has 1 saturated heterocycles. The van der Waals surface area contributed by atoms with Gasteiger partial charge < -0.3 is 9.84 Å². The van der Waals surface area contributed by atoms with Gasteiger partial charge in [-0.1, -0.05) is 13.3 Å². The Balaban J connectivity index is 2.08. The molecule has 2 nitrogen and oxygen atoms in total. The normalized spacial score (nSPS) is 53.8. The van der Waals surface area contributed by atoms with E-state index in [1.54, 1.807) is 0 Å². The smallest absolute Gasteiger partial charge is 0.0904 e. The Morgan fingerprint density at radius 2 is 2.17 bits per heavy atom. The molecule has 70 valence electrons. The zero-order chi connectivity index (χ0) is 8.77. The Labute approximate surface area is 73.9 Å². The fourth-order valence-corrected chi connectivity index (χ4v) is 2.61. The predicted molar refractivity (Wildman–Crippen MR) is 46.9 cm³/mol. The first-order valence-electron chi connectivity index (χ1n) is 4.93. The van der Waals surface area contributed by atoms with Gasteiger partial charge in [0.2, 0.25) is 0 Å². The number of rotatable bonds is 0. The predicted octanol–water partition coefficient (Wildman–Crippen LogP) is 1.57. The van der Waals surface area contributed by atoms with Crippen molar-refractivity contribution in [2.75, 3.05) is 6.61 Å². The fourth-order valence-electron chi connectivity index (χ4n) is 2.61. The van der Waals surface area contributed by atoms with Crippen LogP contribution in [0.3, 0.4) is 0 Å². The van der Waals surface area contributed by atoms with Crippen molar-refractivity contribution in [3.8, 4) is 0 Å². The third-order valence-electron chi connectivity index (χ3n) is 3.44. The molecule has 0 spiro atoms. The average Bonchev–Trinajstić information content (AvgIpc) is 2.27. The molecule has 0 aromatic heterocycles. The summed E-state index contributed by atoms with van der Waals surface area (Å²) in [4.78, 5) is 0. The van der Waals surface area contributed by atoms with Crippen LogP contribution < -0.4 is 0 Å². The van der Waals surface area contributed by atoms with Crippen LogP contribution in [0.15, 0.2) is 0 Å². The first-order valence-corrected chi connectivity index (χ1v) is 4.93. The quantitative estimate of drug-likeness (QED) is 0.598. The zero-order valence-corrected chi connectivity index (χ0v) is 7.92. The molecule has 2 rings (SSSR count). The highest BCUT2D eigenvalue weighted by Crippen LogP contribution is 2.42. The minimum Gasteiger partial charge on any atom is -0.387 e. The van der Waals surface area contributed by atoms with E-state index in [-0.39, 0.29) is 0 Å². The van der Waals surface area contributed by atoms with Crippen molar-refractivity contribution >= 4 is 0 Å². The van der Waals surface area contributed by atoms with Gasteiger partial charge in [-0.2, -0.15) is 0 Å². The molecule has 0 aromatic carbocycles. The van der Waals surface area contributed by atoms with Crippen molar-refractivity contribution in [2.24, 2.45) is 11.8 Å². The van der Waals surface area contributed by atoms with Crippen LogP contribution in [0.25, 0.3) is 0 Å². The van der Waals surface area contributed by atoms with Gasteiger partial charge in [0, 0.05) is 5.92 Å². The van der Waals surface area contributed by atoms with Gasteiger partial charge in [0.1, 0.15) is 0 Å². The summed E-state index contributed by atoms with van der Waals surface area (Å²) in [6.07, 6.45) is 3.86. The Hall–Kier alpha value is -0.0800. The molecular weight excluding hydrogens is 152 g/mol. The van der Waals surface area contributed by atoms with Gasteiger partial charge >= 0.3 is 0 Å². The molecule has 2 aliphatic rings. The third kappa shape index (κ3) is 1.27. The van der Waals surface area contributed by atoms with Crippen LogP contribution in [0.5, 0.6) is 0 Å². The average molecular weight is 170 g/mol. The maximum Gasteiger partial charge on any atom is 0.0904 e. The number of hydrogen-bond acceptors (Lipinski definition) is 2. The molecule has 0 aromatic rings. The van der Waals surface area contributed by atoms with Crippen LogP contribution in [-0.2, 0) is 4.74 Å². The Morgan fingerprint density at radius 1 is 1.42 bits per heavy atom. The number of hydrogen-bond donors (Lipinski definition) is 1. The van der Waals surface area contributed by atoms with Crippen molar-refractivity contribution in [3.05, 3.63) is 0 Å². The molecule has 1 heterocycles. The summed E-state index contributed by atoms with van der Waals surface area (Å²) >= 11 is 0. The highest BCUT2D eigenvalue weighted by atomic mass is 16.5. The van der Waals surface area contributed by atoms with E-state index in [0.717, 1.165) is 18.8 Å². The van der Waals surface area contributed by atoms with Gasteiger partial charge in [0.15, 0.2) is 0 Å². The molecular formula is C10H18O2. The highest BCUT2D eigenvalue weighted by molar-refractivity contribution is 4.96. The minimum absolute atomic E-state index is 0.337. The standard InChI is InChI=1S/C10H18O2/c1-7-3-4-8-9(5-7)12-6-10(8,2)11/h7-9,11H,3-6H2,1-2H3/t7-,8-,9-,10-/m0/s1. The molecule has 4 atom stereocenters. The van der Waals surface area contributed by atoms with E-state index in [1.807, 2.05) is 6.92 Å². The minimum atomic E-state index is -0.551. The lowest BCUT2D eigenvalue weighted by atomic mass is 9.75. The molecule has 0 radical (unpaired) electrons. The van der Waals surface area contributed by atoms with Crippen molar-refractivity contribution in [2.45, 2.75) is 44.8 Å². The molecule has 12 heavy (non-hydrogen) atoms. The van der Waals surface area contributed by atoms with Gasteiger partial charge in [0.25, 0.3) is 0 Å². The molecule has 0 amide bonds. The molecule has 1 aliphatic carbocycles. The van der Waals surface area contributed by atoms with Crippen LogP contribution >= 0.6 is 0 Å². The second-order valence-electron chi connectivity index (χ2n) is 4.73. The van der Waals surface area contributed by atoms with E-state index in [1.165, 1.54) is 6.42 Å². The Kier molecular flexibility index (Phi) is 1.92. The Bertz CT molecular complexity index is 177. The topological polar surface area (TPSA) is 29.5 Å². The van der Waals surface area contributed by atoms with Crippen molar-refractivity contribution < 1.29 is 9.84 Å². The van der Waals surface area contributed by atoms with E-state index in [0.29, 0.717) is 18.6 Å². The lowest BCUT2D eigenvalue weighted by Crippen LogP contribution is -2.38. The van der Waals surface area contributed by atoms with E-state index >= 15 is 0 Å². The zero-order valence-electron chi connectivity index (χ0n) is 7.92. The van der Waals surface area contributed by atoms with Crippen LogP contribution in [0, 0.1) is 11.8 Å². The molecule has 0 bridgehead atoms. The van der Waals surface area contributed by atoms with Gasteiger partial charge in [0.05, 0.1) is 18.3 Å². The summed E-state index contributed by atoms with van der Waals surface area (Å²) in [5.41, 5.74) is -0.551. The second-order valence-corrected chi connectivity index (χ2v) is 4.73. The van der Waals surface area contributed by atoms with Crippen LogP contribution in [-0.4, -0.2) is 23.4 Å². The summed E-state index contributed by atoms with van der Waals surface area (Å²) in [7, 11) is 0. The molecule has 2 heteroatoms. The fraction of sp³-hybridized carbons (Fsp3) is 1.00. The summed E-state index contributed by atoms with van der Waals surface area (Å²) in [6.45, 7) is 4.72. The monoisotopic (exact) mass is 170 g/mol. The lowest BCUT2D eigenvalue weighted by Gasteiger charge is -2.33. The Morgan fingerprint density at radius 3 is 2.92 bits per heavy atom.